The lowest BCUT2D eigenvalue weighted by Gasteiger charge is -2.40. The molecule has 2 aromatic rings. The molecular formula is C27H37N3O2. The van der Waals surface area contributed by atoms with Gasteiger partial charge in [0, 0.05) is 18.2 Å². The Labute approximate surface area is 192 Å². The number of likely N-dealkylation sites (tertiary alicyclic amines) is 2. The van der Waals surface area contributed by atoms with Crippen LogP contribution in [0.5, 0.6) is 11.5 Å². The second-order valence-corrected chi connectivity index (χ2v) is 9.23. The average Bonchev–Trinajstić information content (AvgIpc) is 2.83. The fourth-order valence-corrected chi connectivity index (χ4v) is 4.91. The molecule has 0 unspecified atom stereocenters. The van der Waals surface area contributed by atoms with E-state index in [1.165, 1.54) is 58.3 Å². The summed E-state index contributed by atoms with van der Waals surface area (Å²) >= 11 is 0. The van der Waals surface area contributed by atoms with E-state index in [9.17, 15) is 4.79 Å². The predicted octanol–water partition coefficient (Wildman–Crippen LogP) is 4.86. The molecule has 2 fully saturated rings. The molecule has 1 N–H and O–H groups in total. The minimum Gasteiger partial charge on any atom is -0.457 e. The SMILES string of the molecule is Cc1cccc(Oc2cccc(C(=O)NCCCN3CCC(N4CCCCC4)CC3)c2)c1. The van der Waals surface area contributed by atoms with E-state index in [2.05, 4.69) is 15.1 Å². The molecule has 5 heteroatoms. The van der Waals surface area contributed by atoms with Crippen LogP contribution in [0.15, 0.2) is 48.5 Å². The highest BCUT2D eigenvalue weighted by atomic mass is 16.5. The van der Waals surface area contributed by atoms with Gasteiger partial charge in [-0.3, -0.25) is 4.79 Å². The molecule has 4 rings (SSSR count). The molecule has 5 nitrogen and oxygen atoms in total. The maximum absolute atomic E-state index is 12.6. The highest BCUT2D eigenvalue weighted by Crippen LogP contribution is 2.23. The Balaban J connectivity index is 1.16. The molecule has 1 amide bonds. The van der Waals surface area contributed by atoms with Gasteiger partial charge in [0.1, 0.15) is 11.5 Å². The monoisotopic (exact) mass is 435 g/mol. The smallest absolute Gasteiger partial charge is 0.251 e. The van der Waals surface area contributed by atoms with Gasteiger partial charge in [0.05, 0.1) is 0 Å². The van der Waals surface area contributed by atoms with E-state index in [0.717, 1.165) is 30.3 Å². The fourth-order valence-electron chi connectivity index (χ4n) is 4.91. The van der Waals surface area contributed by atoms with Crippen LogP contribution in [0.3, 0.4) is 0 Å². The second-order valence-electron chi connectivity index (χ2n) is 9.23. The number of hydrogen-bond acceptors (Lipinski definition) is 4. The summed E-state index contributed by atoms with van der Waals surface area (Å²) in [6.45, 7) is 8.77. The second kappa shape index (κ2) is 11.5. The fraction of sp³-hybridized carbons (Fsp3) is 0.519. The summed E-state index contributed by atoms with van der Waals surface area (Å²) in [5.74, 6) is 1.43. The van der Waals surface area contributed by atoms with Gasteiger partial charge in [-0.2, -0.15) is 0 Å². The third-order valence-electron chi connectivity index (χ3n) is 6.72. The summed E-state index contributed by atoms with van der Waals surface area (Å²) in [7, 11) is 0. The standard InChI is InChI=1S/C27H37N3O2/c1-22-8-5-10-25(20-22)32-26-11-6-9-23(21-26)27(31)28-14-7-15-29-18-12-24(13-19-29)30-16-3-2-4-17-30/h5-6,8-11,20-21,24H,2-4,7,12-19H2,1H3,(H,28,31). The Hall–Kier alpha value is -2.37. The van der Waals surface area contributed by atoms with E-state index in [0.29, 0.717) is 17.9 Å². The number of benzene rings is 2. The van der Waals surface area contributed by atoms with Gasteiger partial charge in [0.15, 0.2) is 0 Å². The summed E-state index contributed by atoms with van der Waals surface area (Å²) in [5, 5.41) is 3.07. The van der Waals surface area contributed by atoms with Crippen LogP contribution in [0.2, 0.25) is 0 Å². The van der Waals surface area contributed by atoms with E-state index in [1.807, 2.05) is 55.5 Å². The highest BCUT2D eigenvalue weighted by molar-refractivity contribution is 5.94. The van der Waals surface area contributed by atoms with Crippen molar-refractivity contribution in [1.29, 1.82) is 0 Å². The first kappa shape index (κ1) is 22.8. The van der Waals surface area contributed by atoms with Gasteiger partial charge in [0.2, 0.25) is 0 Å². The minimum absolute atomic E-state index is 0.0384. The van der Waals surface area contributed by atoms with Gasteiger partial charge >= 0.3 is 0 Å². The van der Waals surface area contributed by atoms with E-state index < -0.39 is 0 Å². The predicted molar refractivity (Wildman–Crippen MR) is 130 cm³/mol. The lowest BCUT2D eigenvalue weighted by atomic mass is 10.00. The molecule has 172 valence electrons. The van der Waals surface area contributed by atoms with Crippen molar-refractivity contribution in [2.45, 2.75) is 51.5 Å². The zero-order chi connectivity index (χ0) is 22.2. The first-order chi connectivity index (χ1) is 15.7. The largest absolute Gasteiger partial charge is 0.457 e. The number of hydrogen-bond donors (Lipinski definition) is 1. The topological polar surface area (TPSA) is 44.8 Å². The Morgan fingerprint density at radius 2 is 1.69 bits per heavy atom. The Kier molecular flexibility index (Phi) is 8.18. The lowest BCUT2D eigenvalue weighted by molar-refractivity contribution is 0.0902. The maximum Gasteiger partial charge on any atom is 0.251 e. The molecule has 2 saturated heterocycles. The number of rotatable bonds is 8. The van der Waals surface area contributed by atoms with Crippen LogP contribution in [0.4, 0.5) is 0 Å². The molecule has 32 heavy (non-hydrogen) atoms. The molecule has 0 aliphatic carbocycles. The summed E-state index contributed by atoms with van der Waals surface area (Å²) in [6.07, 6.45) is 7.73. The zero-order valence-electron chi connectivity index (χ0n) is 19.4. The van der Waals surface area contributed by atoms with E-state index >= 15 is 0 Å². The molecule has 0 aromatic heterocycles. The van der Waals surface area contributed by atoms with Crippen molar-refractivity contribution in [3.8, 4) is 11.5 Å². The molecule has 0 bridgehead atoms. The first-order valence-electron chi connectivity index (χ1n) is 12.3. The van der Waals surface area contributed by atoms with Crippen LogP contribution >= 0.6 is 0 Å². The van der Waals surface area contributed by atoms with Crippen molar-refractivity contribution in [1.82, 2.24) is 15.1 Å². The van der Waals surface area contributed by atoms with Crippen LogP contribution in [-0.4, -0.2) is 61.0 Å². The van der Waals surface area contributed by atoms with Gasteiger partial charge in [-0.1, -0.05) is 24.6 Å². The van der Waals surface area contributed by atoms with E-state index in [4.69, 9.17) is 4.74 Å². The van der Waals surface area contributed by atoms with E-state index in [1.54, 1.807) is 0 Å². The average molecular weight is 436 g/mol. The number of amides is 1. The number of carbonyl (C=O) groups excluding carboxylic acids is 1. The zero-order valence-corrected chi connectivity index (χ0v) is 19.4. The number of nitrogens with zero attached hydrogens (tertiary/aromatic N) is 2. The number of ether oxygens (including phenoxy) is 1. The van der Waals surface area contributed by atoms with Crippen LogP contribution < -0.4 is 10.1 Å². The first-order valence-corrected chi connectivity index (χ1v) is 12.3. The van der Waals surface area contributed by atoms with Crippen molar-refractivity contribution in [3.63, 3.8) is 0 Å². The molecule has 2 heterocycles. The third-order valence-corrected chi connectivity index (χ3v) is 6.72. The molecule has 0 saturated carbocycles. The number of carbonyl (C=O) groups is 1. The summed E-state index contributed by atoms with van der Waals surface area (Å²) in [5.41, 5.74) is 1.78. The lowest BCUT2D eigenvalue weighted by Crippen LogP contribution is -2.47. The maximum atomic E-state index is 12.6. The van der Waals surface area contributed by atoms with Gasteiger partial charge in [-0.25, -0.2) is 0 Å². The molecule has 2 aliphatic rings. The molecule has 0 radical (unpaired) electrons. The van der Waals surface area contributed by atoms with Crippen molar-refractivity contribution in [2.24, 2.45) is 0 Å². The molecular weight excluding hydrogens is 398 g/mol. The van der Waals surface area contributed by atoms with Crippen molar-refractivity contribution < 1.29 is 9.53 Å². The third kappa shape index (κ3) is 6.57. The molecule has 2 aliphatic heterocycles. The normalized spacial score (nSPS) is 18.4. The van der Waals surface area contributed by atoms with E-state index in [-0.39, 0.29) is 5.91 Å². The van der Waals surface area contributed by atoms with Crippen LogP contribution in [0, 0.1) is 6.92 Å². The number of nitrogens with one attached hydrogen (secondary N) is 1. The summed E-state index contributed by atoms with van der Waals surface area (Å²) in [6, 6.07) is 16.1. The quantitative estimate of drug-likeness (QED) is 0.602. The van der Waals surface area contributed by atoms with Gasteiger partial charge in [-0.05, 0) is 108 Å². The Morgan fingerprint density at radius 1 is 0.969 bits per heavy atom. The highest BCUT2D eigenvalue weighted by Gasteiger charge is 2.25. The Morgan fingerprint density at radius 3 is 2.44 bits per heavy atom. The van der Waals surface area contributed by atoms with Crippen molar-refractivity contribution in [2.75, 3.05) is 39.3 Å². The molecule has 0 atom stereocenters. The molecule has 2 aromatic carbocycles. The summed E-state index contributed by atoms with van der Waals surface area (Å²) < 4.78 is 5.92. The van der Waals surface area contributed by atoms with Crippen LogP contribution in [-0.2, 0) is 0 Å². The van der Waals surface area contributed by atoms with Crippen LogP contribution in [0.1, 0.15) is 54.4 Å². The van der Waals surface area contributed by atoms with Gasteiger partial charge in [-0.15, -0.1) is 0 Å². The van der Waals surface area contributed by atoms with Gasteiger partial charge in [0.25, 0.3) is 5.91 Å². The van der Waals surface area contributed by atoms with Gasteiger partial charge < -0.3 is 19.9 Å². The summed E-state index contributed by atoms with van der Waals surface area (Å²) in [4.78, 5) is 17.9. The number of aryl methyl sites for hydroxylation is 1. The van der Waals surface area contributed by atoms with Crippen molar-refractivity contribution in [3.05, 3.63) is 59.7 Å². The van der Waals surface area contributed by atoms with Crippen LogP contribution in [0.25, 0.3) is 0 Å². The number of piperidine rings is 2. The molecule has 0 spiro atoms. The Bertz CT molecular complexity index is 871. The minimum atomic E-state index is -0.0384. The van der Waals surface area contributed by atoms with Crippen molar-refractivity contribution >= 4 is 5.91 Å².